The lowest BCUT2D eigenvalue weighted by molar-refractivity contribution is -0.347. The molecule has 4 rings (SSSR count). The van der Waals surface area contributed by atoms with Crippen LogP contribution in [0.2, 0.25) is 19.6 Å². The van der Waals surface area contributed by atoms with Crippen LogP contribution in [-0.4, -0.2) is 115 Å². The SMILES string of the molecule is CC(=O)N[C@@H](C)[C@@H](O[Si](C)(C)C)C(=O)O[C@H]1CC2(O)[C@@H](OC(C)=O)[C@@H]3[C@]4(OC(C)=O)CO[C@@H]4C[C@H](O)[C@@]3(C)C(=O)[C@H](OC(C)=O)C(=C1C)C2(C)C. The van der Waals surface area contributed by atoms with E-state index in [-0.39, 0.29) is 24.2 Å². The van der Waals surface area contributed by atoms with Crippen molar-refractivity contribution < 1.29 is 67.1 Å². The summed E-state index contributed by atoms with van der Waals surface area (Å²) < 4.78 is 35.8. The zero-order chi connectivity index (χ0) is 38.8. The van der Waals surface area contributed by atoms with Crippen molar-refractivity contribution in [3.8, 4) is 0 Å². The van der Waals surface area contributed by atoms with Crippen molar-refractivity contribution in [1.29, 1.82) is 0 Å². The molecule has 0 radical (unpaired) electrons. The highest BCUT2D eigenvalue weighted by Crippen LogP contribution is 2.64. The van der Waals surface area contributed by atoms with Crippen molar-refractivity contribution in [2.24, 2.45) is 16.7 Å². The Labute approximate surface area is 299 Å². The zero-order valence-electron chi connectivity index (χ0n) is 31.5. The van der Waals surface area contributed by atoms with Gasteiger partial charge in [0.2, 0.25) is 5.91 Å². The normalized spacial score (nSPS) is 36.8. The summed E-state index contributed by atoms with van der Waals surface area (Å²) in [6.07, 6.45) is -8.95. The maximum Gasteiger partial charge on any atom is 0.336 e. The molecule has 11 atom stereocenters. The second kappa shape index (κ2) is 13.7. The van der Waals surface area contributed by atoms with Gasteiger partial charge in [-0.1, -0.05) is 13.8 Å². The highest BCUT2D eigenvalue weighted by molar-refractivity contribution is 6.69. The van der Waals surface area contributed by atoms with Gasteiger partial charge in [-0.25, -0.2) is 4.79 Å². The van der Waals surface area contributed by atoms with Gasteiger partial charge >= 0.3 is 23.9 Å². The van der Waals surface area contributed by atoms with E-state index < -0.39 is 121 Å². The van der Waals surface area contributed by atoms with Gasteiger partial charge in [0.05, 0.1) is 30.1 Å². The predicted molar refractivity (Wildman–Crippen MR) is 180 cm³/mol. The number of ether oxygens (including phenoxy) is 5. The summed E-state index contributed by atoms with van der Waals surface area (Å²) >= 11 is 0. The second-order valence-electron chi connectivity index (χ2n) is 16.2. The van der Waals surface area contributed by atoms with Crippen LogP contribution in [0.3, 0.4) is 0 Å². The molecule has 1 amide bonds. The van der Waals surface area contributed by atoms with E-state index in [9.17, 15) is 34.2 Å². The quantitative estimate of drug-likeness (QED) is 0.133. The fourth-order valence-corrected chi connectivity index (χ4v) is 9.84. The molecule has 15 nitrogen and oxygen atoms in total. The third kappa shape index (κ3) is 6.89. The summed E-state index contributed by atoms with van der Waals surface area (Å²) in [5.74, 6) is -5.94. The first-order chi connectivity index (χ1) is 23.2. The zero-order valence-corrected chi connectivity index (χ0v) is 32.5. The van der Waals surface area contributed by atoms with E-state index in [0.717, 1.165) is 13.8 Å². The van der Waals surface area contributed by atoms with Gasteiger partial charge in [0, 0.05) is 46.0 Å². The molecule has 4 aliphatic rings. The molecular formula is C35H53NO14Si. The molecule has 286 valence electrons. The van der Waals surface area contributed by atoms with E-state index in [1.54, 1.807) is 27.7 Å². The molecule has 51 heavy (non-hydrogen) atoms. The topological polar surface area (TPSA) is 210 Å². The van der Waals surface area contributed by atoms with E-state index in [4.69, 9.17) is 28.1 Å². The standard InChI is InChI=1S/C35H53NO14Si/c1-16-22(48-31(43)26(50-51(10,11)12)17(2)36-18(3)37)14-35(44)30(47-20(5)39)28-33(9,23(41)13-24-34(28,15-45-24)49-21(6)40)29(42)27(46-19(4)38)25(16)32(35,7)8/h17,22-24,26-28,30,41,44H,13-15H2,1-12H3,(H,36,37)/t17-,22-,23-,24+,26+,27+,28-,30-,33+,34-,35?/m0/s1. The Bertz CT molecular complexity index is 1520. The maximum atomic E-state index is 15.1. The summed E-state index contributed by atoms with van der Waals surface area (Å²) in [7, 11) is -2.44. The maximum absolute atomic E-state index is 15.1. The van der Waals surface area contributed by atoms with Crippen molar-refractivity contribution in [1.82, 2.24) is 5.32 Å². The Morgan fingerprint density at radius 1 is 0.961 bits per heavy atom. The molecule has 2 saturated carbocycles. The lowest BCUT2D eigenvalue weighted by atomic mass is 9.44. The van der Waals surface area contributed by atoms with Crippen molar-refractivity contribution in [2.75, 3.05) is 6.61 Å². The van der Waals surface area contributed by atoms with Crippen LogP contribution < -0.4 is 5.32 Å². The number of Topliss-reactive ketones (excluding diaryl/α,β-unsaturated/α-hetero) is 1. The first-order valence-electron chi connectivity index (χ1n) is 17.2. The summed E-state index contributed by atoms with van der Waals surface area (Å²) in [5, 5.41) is 27.7. The molecule has 0 aromatic carbocycles. The summed E-state index contributed by atoms with van der Waals surface area (Å²) in [5.41, 5.74) is -7.01. The fraction of sp³-hybridized carbons (Fsp3) is 0.771. The van der Waals surface area contributed by atoms with Crippen LogP contribution in [0.1, 0.15) is 75.2 Å². The molecule has 0 aromatic rings. The van der Waals surface area contributed by atoms with Crippen molar-refractivity contribution in [3.05, 3.63) is 11.1 Å². The van der Waals surface area contributed by atoms with Gasteiger partial charge in [-0.2, -0.15) is 0 Å². The third-order valence-corrected chi connectivity index (χ3v) is 12.0. The van der Waals surface area contributed by atoms with E-state index in [0.29, 0.717) is 0 Å². The van der Waals surface area contributed by atoms with Crippen molar-refractivity contribution >= 4 is 43.9 Å². The van der Waals surface area contributed by atoms with Crippen LogP contribution in [0.4, 0.5) is 0 Å². The molecule has 3 aliphatic carbocycles. The van der Waals surface area contributed by atoms with Crippen LogP contribution in [0.25, 0.3) is 0 Å². The van der Waals surface area contributed by atoms with Gasteiger partial charge in [-0.05, 0) is 51.6 Å². The molecular weight excluding hydrogens is 686 g/mol. The number of aliphatic hydroxyl groups is 2. The minimum atomic E-state index is -2.44. The summed E-state index contributed by atoms with van der Waals surface area (Å²) in [6, 6.07) is -0.823. The number of amides is 1. The number of esters is 4. The molecule has 3 N–H and O–H groups in total. The smallest absolute Gasteiger partial charge is 0.336 e. The molecule has 0 spiro atoms. The van der Waals surface area contributed by atoms with Crippen LogP contribution >= 0.6 is 0 Å². The molecule has 3 fully saturated rings. The fourth-order valence-electron chi connectivity index (χ4n) is 8.78. The second-order valence-corrected chi connectivity index (χ2v) is 20.6. The van der Waals surface area contributed by atoms with Gasteiger partial charge in [0.1, 0.15) is 23.9 Å². The van der Waals surface area contributed by atoms with Crippen LogP contribution in [0, 0.1) is 16.7 Å². The van der Waals surface area contributed by atoms with Gasteiger partial charge in [-0.3, -0.25) is 24.0 Å². The van der Waals surface area contributed by atoms with E-state index in [1.807, 2.05) is 19.6 Å². The van der Waals surface area contributed by atoms with E-state index in [2.05, 4.69) is 5.32 Å². The number of ketones is 1. The number of carbonyl (C=O) groups is 6. The molecule has 1 heterocycles. The number of hydrogen-bond donors (Lipinski definition) is 3. The molecule has 1 saturated heterocycles. The lowest BCUT2D eigenvalue weighted by Gasteiger charge is -2.67. The molecule has 1 aliphatic heterocycles. The largest absolute Gasteiger partial charge is 0.459 e. The van der Waals surface area contributed by atoms with Crippen LogP contribution in [-0.2, 0) is 56.9 Å². The Balaban J connectivity index is 2.02. The van der Waals surface area contributed by atoms with Crippen LogP contribution in [0.5, 0.6) is 0 Å². The Hall–Kier alpha value is -3.18. The molecule has 16 heteroatoms. The lowest BCUT2D eigenvalue weighted by Crippen LogP contribution is -2.82. The highest BCUT2D eigenvalue weighted by Gasteiger charge is 2.78. The molecule has 1 unspecified atom stereocenters. The Kier molecular flexibility index (Phi) is 10.9. The third-order valence-electron chi connectivity index (χ3n) is 11.1. The van der Waals surface area contributed by atoms with Crippen molar-refractivity contribution in [2.45, 2.75) is 149 Å². The highest BCUT2D eigenvalue weighted by atomic mass is 28.4. The average Bonchev–Trinajstić information content (AvgIpc) is 2.96. The first-order valence-corrected chi connectivity index (χ1v) is 20.6. The van der Waals surface area contributed by atoms with Crippen LogP contribution in [0.15, 0.2) is 11.1 Å². The number of hydrogen-bond acceptors (Lipinski definition) is 14. The first kappa shape index (κ1) is 40.6. The average molecular weight is 740 g/mol. The Morgan fingerprint density at radius 3 is 2.02 bits per heavy atom. The van der Waals surface area contributed by atoms with Crippen molar-refractivity contribution in [3.63, 3.8) is 0 Å². The van der Waals surface area contributed by atoms with Gasteiger partial charge in [0.15, 0.2) is 31.9 Å². The number of nitrogens with one attached hydrogen (secondary N) is 1. The monoisotopic (exact) mass is 739 g/mol. The molecule has 2 bridgehead atoms. The Morgan fingerprint density at radius 2 is 1.55 bits per heavy atom. The van der Waals surface area contributed by atoms with E-state index >= 15 is 4.79 Å². The minimum Gasteiger partial charge on any atom is -0.459 e. The number of aliphatic hydroxyl groups excluding tert-OH is 1. The number of carbonyl (C=O) groups excluding carboxylic acids is 6. The van der Waals surface area contributed by atoms with Gasteiger partial charge in [-0.15, -0.1) is 0 Å². The number of fused-ring (bicyclic) bond motifs is 5. The predicted octanol–water partition coefficient (Wildman–Crippen LogP) is 1.65. The van der Waals surface area contributed by atoms with Gasteiger partial charge in [0.25, 0.3) is 0 Å². The summed E-state index contributed by atoms with van der Waals surface area (Å²) in [6.45, 7) is 17.8. The van der Waals surface area contributed by atoms with E-state index in [1.165, 1.54) is 20.8 Å². The van der Waals surface area contributed by atoms with Gasteiger partial charge < -0.3 is 43.6 Å². The molecule has 0 aromatic heterocycles. The minimum absolute atomic E-state index is 0.0874. The number of rotatable bonds is 9. The summed E-state index contributed by atoms with van der Waals surface area (Å²) in [4.78, 5) is 79.6.